The van der Waals surface area contributed by atoms with Crippen molar-refractivity contribution in [3.8, 4) is 0 Å². The molecule has 0 aromatic heterocycles. The number of rotatable bonds is 8. The van der Waals surface area contributed by atoms with E-state index in [4.69, 9.17) is 5.14 Å². The normalized spacial score (nSPS) is 16.9. The first-order valence-electron chi connectivity index (χ1n) is 10.1. The molecule has 3 rings (SSSR count). The van der Waals surface area contributed by atoms with Crippen LogP contribution in [-0.4, -0.2) is 65.8 Å². The summed E-state index contributed by atoms with van der Waals surface area (Å²) in [6.45, 7) is 4.57. The number of piperazine rings is 1. The van der Waals surface area contributed by atoms with Crippen LogP contribution in [0, 0.1) is 0 Å². The van der Waals surface area contributed by atoms with Crippen LogP contribution in [0.2, 0.25) is 0 Å². The number of aliphatic hydroxyl groups excluding tert-OH is 1. The lowest BCUT2D eigenvalue weighted by molar-refractivity contribution is 0.153. The lowest BCUT2D eigenvalue weighted by atomic mass is 10.0. The predicted molar refractivity (Wildman–Crippen MR) is 120 cm³/mol. The van der Waals surface area contributed by atoms with E-state index in [-0.39, 0.29) is 4.90 Å². The Morgan fingerprint density at radius 2 is 1.61 bits per heavy atom. The molecule has 0 radical (unpaired) electrons. The molecule has 1 aliphatic heterocycles. The van der Waals surface area contributed by atoms with Crippen LogP contribution in [0.15, 0.2) is 58.3 Å². The number of sulfone groups is 1. The molecule has 0 amide bonds. The average molecular weight is 468 g/mol. The van der Waals surface area contributed by atoms with Gasteiger partial charge in [0.2, 0.25) is 10.0 Å². The fourth-order valence-corrected chi connectivity index (χ4v) is 6.00. The van der Waals surface area contributed by atoms with Crippen molar-refractivity contribution in [2.24, 2.45) is 5.14 Å². The molecule has 1 fully saturated rings. The van der Waals surface area contributed by atoms with Crippen LogP contribution in [0.1, 0.15) is 24.5 Å². The van der Waals surface area contributed by atoms with Gasteiger partial charge in [-0.15, -0.1) is 0 Å². The fraction of sp³-hybridized carbons (Fsp3) is 0.429. The number of nitrogens with zero attached hydrogens (tertiary/aromatic N) is 2. The highest BCUT2D eigenvalue weighted by molar-refractivity contribution is 7.93. The van der Waals surface area contributed by atoms with E-state index in [9.17, 15) is 21.9 Å². The van der Waals surface area contributed by atoms with Gasteiger partial charge in [-0.25, -0.2) is 22.0 Å². The van der Waals surface area contributed by atoms with Crippen LogP contribution in [0.3, 0.4) is 0 Å². The Labute approximate surface area is 184 Å². The Kier molecular flexibility index (Phi) is 7.38. The molecule has 170 valence electrons. The second kappa shape index (κ2) is 9.66. The van der Waals surface area contributed by atoms with Crippen LogP contribution < -0.4 is 10.0 Å². The minimum Gasteiger partial charge on any atom is -0.388 e. The summed E-state index contributed by atoms with van der Waals surface area (Å²) in [6, 6.07) is 14.1. The van der Waals surface area contributed by atoms with Gasteiger partial charge in [0.1, 0.15) is 4.90 Å². The number of sulfonamides is 1. The lowest BCUT2D eigenvalue weighted by Gasteiger charge is -2.36. The van der Waals surface area contributed by atoms with Crippen molar-refractivity contribution in [2.75, 3.05) is 43.9 Å². The summed E-state index contributed by atoms with van der Waals surface area (Å²) in [6.07, 6.45) is 1.18. The largest absolute Gasteiger partial charge is 0.388 e. The standard InChI is InChI=1S/C21H29N3O5S2/c1-30(26,27)20-10-9-17(16-21(20)31(22,28)29)19(25)8-5-11-23-12-14-24(15-13-23)18-6-3-2-4-7-18/h2-4,6-7,9-10,16,19,25H,5,8,11-15H2,1H3,(H2,22,28,29). The summed E-state index contributed by atoms with van der Waals surface area (Å²) in [5.74, 6) is 0. The Hall–Kier alpha value is -1.98. The Balaban J connectivity index is 1.55. The molecule has 0 bridgehead atoms. The zero-order valence-electron chi connectivity index (χ0n) is 17.5. The molecule has 31 heavy (non-hydrogen) atoms. The number of primary sulfonamides is 1. The van der Waals surface area contributed by atoms with E-state index in [2.05, 4.69) is 21.9 Å². The Morgan fingerprint density at radius 3 is 2.19 bits per heavy atom. The summed E-state index contributed by atoms with van der Waals surface area (Å²) in [5.41, 5.74) is 1.56. The average Bonchev–Trinajstić information content (AvgIpc) is 2.73. The van der Waals surface area contributed by atoms with Crippen molar-refractivity contribution in [2.45, 2.75) is 28.7 Å². The van der Waals surface area contributed by atoms with Crippen molar-refractivity contribution in [3.05, 3.63) is 54.1 Å². The second-order valence-electron chi connectivity index (χ2n) is 7.85. The maximum Gasteiger partial charge on any atom is 0.239 e. The highest BCUT2D eigenvalue weighted by Crippen LogP contribution is 2.27. The molecule has 1 unspecified atom stereocenters. The molecule has 8 nitrogen and oxygen atoms in total. The summed E-state index contributed by atoms with van der Waals surface area (Å²) < 4.78 is 47.4. The first kappa shape index (κ1) is 23.7. The maximum atomic E-state index is 11.9. The molecule has 0 spiro atoms. The smallest absolute Gasteiger partial charge is 0.239 e. The molecule has 0 saturated carbocycles. The molecule has 1 aliphatic rings. The summed E-state index contributed by atoms with van der Waals surface area (Å²) >= 11 is 0. The Morgan fingerprint density at radius 1 is 0.968 bits per heavy atom. The van der Waals surface area contributed by atoms with E-state index >= 15 is 0 Å². The summed E-state index contributed by atoms with van der Waals surface area (Å²) in [5, 5.41) is 15.7. The highest BCUT2D eigenvalue weighted by atomic mass is 32.2. The number of benzene rings is 2. The number of para-hydroxylation sites is 1. The molecule has 10 heteroatoms. The predicted octanol–water partition coefficient (Wildman–Crippen LogP) is 1.37. The van der Waals surface area contributed by atoms with E-state index in [1.54, 1.807) is 0 Å². The van der Waals surface area contributed by atoms with Gasteiger partial charge in [0.15, 0.2) is 9.84 Å². The minimum atomic E-state index is -4.24. The van der Waals surface area contributed by atoms with Gasteiger partial charge in [0.25, 0.3) is 0 Å². The van der Waals surface area contributed by atoms with Gasteiger partial charge in [-0.3, -0.25) is 4.90 Å². The van der Waals surface area contributed by atoms with E-state index in [0.717, 1.165) is 51.5 Å². The van der Waals surface area contributed by atoms with Gasteiger partial charge in [-0.2, -0.15) is 0 Å². The zero-order chi connectivity index (χ0) is 22.6. The number of aliphatic hydroxyl groups is 1. The molecule has 3 N–H and O–H groups in total. The number of anilines is 1. The van der Waals surface area contributed by atoms with E-state index in [0.29, 0.717) is 12.0 Å². The van der Waals surface area contributed by atoms with Crippen molar-refractivity contribution < 1.29 is 21.9 Å². The number of hydrogen-bond acceptors (Lipinski definition) is 7. The SMILES string of the molecule is CS(=O)(=O)c1ccc(C(O)CCCN2CCN(c3ccccc3)CC2)cc1S(N)(=O)=O. The molecular formula is C21H29N3O5S2. The zero-order valence-corrected chi connectivity index (χ0v) is 19.1. The number of nitrogens with two attached hydrogens (primary N) is 1. The van der Waals surface area contributed by atoms with E-state index in [1.807, 2.05) is 18.2 Å². The van der Waals surface area contributed by atoms with Crippen LogP contribution in [0.25, 0.3) is 0 Å². The maximum absolute atomic E-state index is 11.9. The summed E-state index contributed by atoms with van der Waals surface area (Å²) in [7, 11) is -8.01. The van der Waals surface area contributed by atoms with E-state index < -0.39 is 30.9 Å². The summed E-state index contributed by atoms with van der Waals surface area (Å²) in [4.78, 5) is 3.85. The molecular weight excluding hydrogens is 438 g/mol. The monoisotopic (exact) mass is 467 g/mol. The quantitative estimate of drug-likeness (QED) is 0.601. The van der Waals surface area contributed by atoms with Gasteiger partial charge < -0.3 is 10.0 Å². The second-order valence-corrected chi connectivity index (χ2v) is 11.4. The molecule has 1 heterocycles. The van der Waals surface area contributed by atoms with Crippen molar-refractivity contribution in [3.63, 3.8) is 0 Å². The van der Waals surface area contributed by atoms with Gasteiger partial charge in [-0.1, -0.05) is 24.3 Å². The first-order valence-corrected chi connectivity index (χ1v) is 13.6. The number of hydrogen-bond donors (Lipinski definition) is 2. The third-order valence-electron chi connectivity index (χ3n) is 5.50. The van der Waals surface area contributed by atoms with Crippen molar-refractivity contribution in [1.29, 1.82) is 0 Å². The molecule has 0 aliphatic carbocycles. The fourth-order valence-electron chi connectivity index (χ4n) is 3.80. The highest BCUT2D eigenvalue weighted by Gasteiger charge is 2.23. The minimum absolute atomic E-state index is 0.338. The van der Waals surface area contributed by atoms with Crippen LogP contribution >= 0.6 is 0 Å². The van der Waals surface area contributed by atoms with Crippen molar-refractivity contribution >= 4 is 25.5 Å². The third-order valence-corrected chi connectivity index (χ3v) is 7.74. The third kappa shape index (κ3) is 6.27. The molecule has 2 aromatic carbocycles. The molecule has 2 aromatic rings. The topological polar surface area (TPSA) is 121 Å². The van der Waals surface area contributed by atoms with Gasteiger partial charge in [0, 0.05) is 38.1 Å². The van der Waals surface area contributed by atoms with Gasteiger partial charge in [-0.05, 0) is 49.2 Å². The molecule has 1 saturated heterocycles. The van der Waals surface area contributed by atoms with Crippen LogP contribution in [0.5, 0.6) is 0 Å². The van der Waals surface area contributed by atoms with Gasteiger partial charge >= 0.3 is 0 Å². The van der Waals surface area contributed by atoms with Gasteiger partial charge in [0.05, 0.1) is 11.0 Å². The molecule has 1 atom stereocenters. The lowest BCUT2D eigenvalue weighted by Crippen LogP contribution is -2.46. The van der Waals surface area contributed by atoms with E-state index in [1.165, 1.54) is 17.8 Å². The first-order chi connectivity index (χ1) is 14.6. The Bertz CT molecular complexity index is 1100. The van der Waals surface area contributed by atoms with Crippen LogP contribution in [0.4, 0.5) is 5.69 Å². The van der Waals surface area contributed by atoms with Crippen LogP contribution in [-0.2, 0) is 19.9 Å². The van der Waals surface area contributed by atoms with Crippen molar-refractivity contribution in [1.82, 2.24) is 4.90 Å².